The Bertz CT molecular complexity index is 1300. The molecule has 13 heteroatoms. The number of fused-ring (bicyclic) bond motifs is 1. The molecule has 34 heavy (non-hydrogen) atoms. The van der Waals surface area contributed by atoms with Crippen LogP contribution in [0.25, 0.3) is 11.2 Å². The number of ketones is 1. The number of aromatic nitrogens is 4. The van der Waals surface area contributed by atoms with E-state index in [1.165, 1.54) is 23.0 Å². The minimum atomic E-state index is -1.79. The molecular formula is C21H21N5O8. The highest BCUT2D eigenvalue weighted by atomic mass is 16.6. The second-order valence-electron chi connectivity index (χ2n) is 7.59. The summed E-state index contributed by atoms with van der Waals surface area (Å²) in [5, 5.41) is 10.9. The van der Waals surface area contributed by atoms with Crippen LogP contribution in [0.4, 0.5) is 5.95 Å². The van der Waals surface area contributed by atoms with Crippen molar-refractivity contribution in [1.29, 1.82) is 0 Å². The van der Waals surface area contributed by atoms with Crippen LogP contribution in [0.1, 0.15) is 30.4 Å². The number of H-pyrrole nitrogens is 1. The van der Waals surface area contributed by atoms with E-state index in [-0.39, 0.29) is 22.7 Å². The summed E-state index contributed by atoms with van der Waals surface area (Å²) in [7, 11) is 0. The molecule has 5 atom stereocenters. The zero-order chi connectivity index (χ0) is 24.6. The number of nitrogens with two attached hydrogens (primary N) is 1. The first-order valence-corrected chi connectivity index (χ1v) is 10.2. The normalized spacial score (nSPS) is 22.9. The summed E-state index contributed by atoms with van der Waals surface area (Å²) in [4.78, 5) is 59.2. The van der Waals surface area contributed by atoms with Crippen molar-refractivity contribution in [2.45, 2.75) is 44.5 Å². The predicted octanol–water partition coefficient (Wildman–Crippen LogP) is -0.294. The second kappa shape index (κ2) is 9.03. The number of esters is 2. The fourth-order valence-electron chi connectivity index (χ4n) is 3.84. The minimum Gasteiger partial charge on any atom is -0.455 e. The molecule has 0 spiro atoms. The number of nitrogens with one attached hydrogen (secondary N) is 1. The summed E-state index contributed by atoms with van der Waals surface area (Å²) in [6.45, 7) is 2.25. The van der Waals surface area contributed by atoms with Gasteiger partial charge in [-0.3, -0.25) is 28.7 Å². The van der Waals surface area contributed by atoms with Gasteiger partial charge in [-0.2, -0.15) is 4.98 Å². The van der Waals surface area contributed by atoms with Gasteiger partial charge in [0.1, 0.15) is 12.2 Å². The Morgan fingerprint density at radius 3 is 2.44 bits per heavy atom. The average Bonchev–Trinajstić information content (AvgIpc) is 3.34. The van der Waals surface area contributed by atoms with Crippen molar-refractivity contribution in [1.82, 2.24) is 19.5 Å². The zero-order valence-corrected chi connectivity index (χ0v) is 18.1. The molecule has 0 amide bonds. The first kappa shape index (κ1) is 23.1. The van der Waals surface area contributed by atoms with Crippen molar-refractivity contribution in [3.05, 3.63) is 52.6 Å². The number of aliphatic hydroxyl groups excluding tert-OH is 1. The van der Waals surface area contributed by atoms with Crippen LogP contribution < -0.4 is 11.3 Å². The van der Waals surface area contributed by atoms with Crippen LogP contribution in [-0.2, 0) is 23.8 Å². The van der Waals surface area contributed by atoms with E-state index < -0.39 is 53.9 Å². The van der Waals surface area contributed by atoms with Crippen LogP contribution in [0.5, 0.6) is 0 Å². The molecule has 1 aliphatic heterocycles. The fraction of sp³-hybridized carbons (Fsp3) is 0.333. The van der Waals surface area contributed by atoms with E-state index in [1.807, 2.05) is 0 Å². The standard InChI is InChI=1S/C21H21N5O8/c1-9(27)32-16-15(14(30)13(29)11-6-4-3-5-7-11)34-20(17(16)33-10(2)28)26-8-23-12-18(26)24-21(22)25-19(12)31/h3-8,14-17,20,30H,1-2H3,(H3,22,24,25,31)/t14?,15-,16-,17-,20-/m1/s1. The summed E-state index contributed by atoms with van der Waals surface area (Å²) in [5.41, 5.74) is 5.15. The van der Waals surface area contributed by atoms with Crippen molar-refractivity contribution >= 4 is 34.8 Å². The summed E-state index contributed by atoms with van der Waals surface area (Å²) >= 11 is 0. The van der Waals surface area contributed by atoms with Gasteiger partial charge in [-0.05, 0) is 0 Å². The van der Waals surface area contributed by atoms with Gasteiger partial charge in [0.2, 0.25) is 5.95 Å². The van der Waals surface area contributed by atoms with Gasteiger partial charge in [0.25, 0.3) is 5.56 Å². The second-order valence-corrected chi connectivity index (χ2v) is 7.59. The van der Waals surface area contributed by atoms with Gasteiger partial charge in [-0.1, -0.05) is 30.3 Å². The van der Waals surface area contributed by atoms with E-state index in [0.717, 1.165) is 13.8 Å². The summed E-state index contributed by atoms with van der Waals surface area (Å²) < 4.78 is 17.9. The number of carbonyl (C=O) groups excluding carboxylic acids is 3. The Hall–Kier alpha value is -4.10. The highest BCUT2D eigenvalue weighted by molar-refractivity contribution is 5.99. The molecule has 0 saturated carbocycles. The molecular weight excluding hydrogens is 450 g/mol. The number of hydrogen-bond donors (Lipinski definition) is 3. The lowest BCUT2D eigenvalue weighted by Gasteiger charge is -2.25. The Morgan fingerprint density at radius 1 is 1.15 bits per heavy atom. The van der Waals surface area contributed by atoms with Crippen molar-refractivity contribution < 1.29 is 33.7 Å². The third-order valence-corrected chi connectivity index (χ3v) is 5.19. The number of imidazole rings is 1. The maximum Gasteiger partial charge on any atom is 0.303 e. The number of nitrogen functional groups attached to an aromatic ring is 1. The number of hydrogen-bond acceptors (Lipinski definition) is 11. The Morgan fingerprint density at radius 2 is 1.79 bits per heavy atom. The van der Waals surface area contributed by atoms with E-state index in [1.54, 1.807) is 18.2 Å². The number of anilines is 1. The molecule has 13 nitrogen and oxygen atoms in total. The van der Waals surface area contributed by atoms with E-state index >= 15 is 0 Å². The monoisotopic (exact) mass is 471 g/mol. The van der Waals surface area contributed by atoms with E-state index in [2.05, 4.69) is 15.0 Å². The average molecular weight is 471 g/mol. The lowest BCUT2D eigenvalue weighted by Crippen LogP contribution is -2.46. The Balaban J connectivity index is 1.79. The van der Waals surface area contributed by atoms with Gasteiger partial charge in [-0.15, -0.1) is 0 Å². The van der Waals surface area contributed by atoms with Crippen molar-refractivity contribution in [2.75, 3.05) is 5.73 Å². The van der Waals surface area contributed by atoms with Gasteiger partial charge < -0.3 is 25.1 Å². The molecule has 1 saturated heterocycles. The van der Waals surface area contributed by atoms with Crippen LogP contribution in [0.2, 0.25) is 0 Å². The lowest BCUT2D eigenvalue weighted by atomic mass is 9.97. The molecule has 1 unspecified atom stereocenters. The number of Topliss-reactive ketones (excluding diaryl/α,β-unsaturated/α-hetero) is 1. The quantitative estimate of drug-likeness (QED) is 0.316. The molecule has 2 aromatic heterocycles. The van der Waals surface area contributed by atoms with Crippen molar-refractivity contribution in [2.24, 2.45) is 0 Å². The highest BCUT2D eigenvalue weighted by Gasteiger charge is 2.54. The van der Waals surface area contributed by atoms with Crippen molar-refractivity contribution in [3.8, 4) is 0 Å². The van der Waals surface area contributed by atoms with Crippen LogP contribution in [-0.4, -0.2) is 66.8 Å². The summed E-state index contributed by atoms with van der Waals surface area (Å²) in [6, 6.07) is 7.95. The maximum atomic E-state index is 12.9. The van der Waals surface area contributed by atoms with Gasteiger partial charge >= 0.3 is 11.9 Å². The molecule has 0 radical (unpaired) electrons. The summed E-state index contributed by atoms with van der Waals surface area (Å²) in [6.07, 6.45) is -5.97. The third kappa shape index (κ3) is 4.25. The molecule has 1 aromatic carbocycles. The van der Waals surface area contributed by atoms with Crippen LogP contribution in [0.15, 0.2) is 41.5 Å². The first-order valence-electron chi connectivity index (χ1n) is 10.2. The van der Waals surface area contributed by atoms with E-state index in [4.69, 9.17) is 19.9 Å². The van der Waals surface area contributed by atoms with Crippen LogP contribution >= 0.6 is 0 Å². The van der Waals surface area contributed by atoms with E-state index in [0.29, 0.717) is 0 Å². The highest BCUT2D eigenvalue weighted by Crippen LogP contribution is 2.37. The molecule has 178 valence electrons. The topological polar surface area (TPSA) is 189 Å². The molecule has 0 aliphatic carbocycles. The Kier molecular flexibility index (Phi) is 6.13. The lowest BCUT2D eigenvalue weighted by molar-refractivity contribution is -0.166. The number of rotatable bonds is 6. The number of ether oxygens (including phenoxy) is 3. The van der Waals surface area contributed by atoms with Gasteiger partial charge in [0, 0.05) is 19.4 Å². The number of benzene rings is 1. The maximum absolute atomic E-state index is 12.9. The summed E-state index contributed by atoms with van der Waals surface area (Å²) in [5.74, 6) is -2.40. The van der Waals surface area contributed by atoms with Crippen molar-refractivity contribution in [3.63, 3.8) is 0 Å². The molecule has 3 heterocycles. The molecule has 3 aromatic rings. The number of aromatic amines is 1. The minimum absolute atomic E-state index is 0.00509. The van der Waals surface area contributed by atoms with Crippen LogP contribution in [0.3, 0.4) is 0 Å². The third-order valence-electron chi connectivity index (χ3n) is 5.19. The number of aliphatic hydroxyl groups is 1. The largest absolute Gasteiger partial charge is 0.455 e. The Labute approximate surface area is 191 Å². The molecule has 0 bridgehead atoms. The smallest absolute Gasteiger partial charge is 0.303 e. The van der Waals surface area contributed by atoms with Gasteiger partial charge in [0.05, 0.1) is 6.33 Å². The van der Waals surface area contributed by atoms with Gasteiger partial charge in [-0.25, -0.2) is 4.98 Å². The zero-order valence-electron chi connectivity index (χ0n) is 18.1. The molecule has 4 N–H and O–H groups in total. The van der Waals surface area contributed by atoms with Crippen LogP contribution in [0, 0.1) is 0 Å². The predicted molar refractivity (Wildman–Crippen MR) is 114 cm³/mol. The van der Waals surface area contributed by atoms with E-state index in [9.17, 15) is 24.3 Å². The molecule has 1 fully saturated rings. The first-order chi connectivity index (χ1) is 16.2. The molecule has 4 rings (SSSR count). The SMILES string of the molecule is CC(=O)O[C@@H]1[C@H](OC(C)=O)[C@@H](C(O)C(=O)c2ccccc2)O[C@H]1n1cnc2c(=O)[nH]c(N)nc21. The molecule has 1 aliphatic rings. The van der Waals surface area contributed by atoms with Gasteiger partial charge in [0.15, 0.2) is 35.4 Å². The number of nitrogens with zero attached hydrogens (tertiary/aromatic N) is 3. The fourth-order valence-corrected chi connectivity index (χ4v) is 3.84. The number of carbonyl (C=O) groups is 3.